The summed E-state index contributed by atoms with van der Waals surface area (Å²) in [6.45, 7) is 6.57. The Morgan fingerprint density at radius 2 is 1.50 bits per heavy atom. The minimum absolute atomic E-state index is 0.0563. The molecule has 114 valence electrons. The Balaban J connectivity index is 3.38. The van der Waals surface area contributed by atoms with Gasteiger partial charge in [0.25, 0.3) is 0 Å². The number of methoxy groups -OCH3 is 3. The van der Waals surface area contributed by atoms with Crippen LogP contribution in [0.1, 0.15) is 25.5 Å². The molecule has 0 unspecified atom stereocenters. The lowest BCUT2D eigenvalue weighted by atomic mass is 10.0. The smallest absolute Gasteiger partial charge is 0.131 e. The van der Waals surface area contributed by atoms with Crippen molar-refractivity contribution in [2.24, 2.45) is 5.73 Å². The van der Waals surface area contributed by atoms with E-state index in [1.165, 1.54) is 0 Å². The summed E-state index contributed by atoms with van der Waals surface area (Å²) in [5.74, 6) is 2.19. The van der Waals surface area contributed by atoms with Crippen LogP contribution in [0.25, 0.3) is 0 Å². The topological polar surface area (TPSA) is 57.0 Å². The van der Waals surface area contributed by atoms with E-state index in [-0.39, 0.29) is 6.04 Å². The summed E-state index contributed by atoms with van der Waals surface area (Å²) in [6, 6.07) is 3.79. The quantitative estimate of drug-likeness (QED) is 0.791. The highest BCUT2D eigenvalue weighted by Crippen LogP contribution is 2.40. The average Bonchev–Trinajstić information content (AvgIpc) is 2.51. The molecular formula is C15H26N2O3. The lowest BCUT2D eigenvalue weighted by Crippen LogP contribution is -2.34. The van der Waals surface area contributed by atoms with Gasteiger partial charge < -0.3 is 19.9 Å². The highest BCUT2D eigenvalue weighted by Gasteiger charge is 2.25. The van der Waals surface area contributed by atoms with Gasteiger partial charge in [0.1, 0.15) is 17.2 Å². The monoisotopic (exact) mass is 282 g/mol. The van der Waals surface area contributed by atoms with Crippen molar-refractivity contribution in [2.45, 2.75) is 19.9 Å². The second-order valence-corrected chi connectivity index (χ2v) is 4.42. The van der Waals surface area contributed by atoms with Crippen LogP contribution in [0.3, 0.4) is 0 Å². The molecule has 0 saturated carbocycles. The molecule has 1 aromatic carbocycles. The van der Waals surface area contributed by atoms with Gasteiger partial charge in [-0.2, -0.15) is 0 Å². The molecule has 0 amide bonds. The van der Waals surface area contributed by atoms with Gasteiger partial charge in [0, 0.05) is 18.7 Å². The molecule has 0 fully saturated rings. The number of hydrogen-bond acceptors (Lipinski definition) is 5. The minimum atomic E-state index is 0.0563. The van der Waals surface area contributed by atoms with E-state index in [0.717, 1.165) is 30.2 Å². The van der Waals surface area contributed by atoms with Crippen molar-refractivity contribution >= 4 is 0 Å². The molecule has 0 aliphatic carbocycles. The lowest BCUT2D eigenvalue weighted by molar-refractivity contribution is 0.214. The minimum Gasteiger partial charge on any atom is -0.496 e. The van der Waals surface area contributed by atoms with Crippen LogP contribution < -0.4 is 19.9 Å². The number of hydrogen-bond donors (Lipinski definition) is 1. The first-order valence-corrected chi connectivity index (χ1v) is 6.90. The van der Waals surface area contributed by atoms with E-state index in [4.69, 9.17) is 19.9 Å². The summed E-state index contributed by atoms with van der Waals surface area (Å²) in [4.78, 5) is 2.28. The molecule has 0 bridgehead atoms. The van der Waals surface area contributed by atoms with Crippen molar-refractivity contribution in [3.63, 3.8) is 0 Å². The highest BCUT2D eigenvalue weighted by molar-refractivity contribution is 5.52. The Hall–Kier alpha value is -1.46. The van der Waals surface area contributed by atoms with Crippen LogP contribution in [0.5, 0.6) is 17.2 Å². The Morgan fingerprint density at radius 1 is 1.00 bits per heavy atom. The molecule has 1 rings (SSSR count). The fourth-order valence-electron chi connectivity index (χ4n) is 2.47. The zero-order valence-electron chi connectivity index (χ0n) is 13.1. The van der Waals surface area contributed by atoms with Crippen LogP contribution in [0, 0.1) is 0 Å². The second kappa shape index (κ2) is 7.97. The summed E-state index contributed by atoms with van der Waals surface area (Å²) in [5, 5.41) is 0. The summed E-state index contributed by atoms with van der Waals surface area (Å²) in [6.07, 6.45) is 0. The number of nitrogens with two attached hydrogens (primary N) is 1. The van der Waals surface area contributed by atoms with Gasteiger partial charge in [-0.05, 0) is 13.1 Å². The number of nitrogens with zero attached hydrogens (tertiary/aromatic N) is 1. The third-order valence-electron chi connectivity index (χ3n) is 3.56. The van der Waals surface area contributed by atoms with Crippen molar-refractivity contribution in [3.05, 3.63) is 17.7 Å². The van der Waals surface area contributed by atoms with Gasteiger partial charge in [-0.25, -0.2) is 0 Å². The molecule has 0 radical (unpaired) electrons. The Morgan fingerprint density at radius 3 is 1.80 bits per heavy atom. The van der Waals surface area contributed by atoms with Crippen LogP contribution in [0.2, 0.25) is 0 Å². The first kappa shape index (κ1) is 16.6. The van der Waals surface area contributed by atoms with Gasteiger partial charge in [-0.15, -0.1) is 0 Å². The molecule has 0 aromatic heterocycles. The predicted octanol–water partition coefficient (Wildman–Crippen LogP) is 2.05. The molecule has 5 heteroatoms. The van der Waals surface area contributed by atoms with E-state index in [9.17, 15) is 0 Å². The summed E-state index contributed by atoms with van der Waals surface area (Å²) in [7, 11) is 4.92. The summed E-state index contributed by atoms with van der Waals surface area (Å²) < 4.78 is 16.3. The third kappa shape index (κ3) is 3.35. The van der Waals surface area contributed by atoms with Gasteiger partial charge >= 0.3 is 0 Å². The molecule has 0 spiro atoms. The number of ether oxygens (including phenoxy) is 3. The van der Waals surface area contributed by atoms with Gasteiger partial charge in [0.2, 0.25) is 0 Å². The van der Waals surface area contributed by atoms with Crippen molar-refractivity contribution in [1.82, 2.24) is 4.90 Å². The first-order chi connectivity index (χ1) is 9.66. The third-order valence-corrected chi connectivity index (χ3v) is 3.56. The number of likely N-dealkylation sites (N-methyl/N-ethyl adjacent to an activating group) is 1. The van der Waals surface area contributed by atoms with Gasteiger partial charge in [0.05, 0.1) is 32.9 Å². The summed E-state index contributed by atoms with van der Waals surface area (Å²) in [5.41, 5.74) is 6.96. The second-order valence-electron chi connectivity index (χ2n) is 4.42. The molecule has 1 aromatic rings. The molecule has 0 saturated heterocycles. The highest BCUT2D eigenvalue weighted by atomic mass is 16.5. The van der Waals surface area contributed by atoms with Gasteiger partial charge in [-0.3, -0.25) is 4.90 Å². The van der Waals surface area contributed by atoms with Crippen LogP contribution in [0.4, 0.5) is 0 Å². The van der Waals surface area contributed by atoms with E-state index in [0.29, 0.717) is 12.3 Å². The number of rotatable bonds is 8. The standard InChI is InChI=1S/C15H26N2O3/c1-6-17(7-2)12(10-16)15-13(19-4)8-11(18-3)9-14(15)20-5/h8-9,12H,6-7,10,16H2,1-5H3/t12-/m0/s1. The molecular weight excluding hydrogens is 256 g/mol. The summed E-state index contributed by atoms with van der Waals surface area (Å²) >= 11 is 0. The van der Waals surface area contributed by atoms with Crippen LogP contribution in [-0.4, -0.2) is 45.9 Å². The normalized spacial score (nSPS) is 12.3. The van der Waals surface area contributed by atoms with Gasteiger partial charge in [-0.1, -0.05) is 13.8 Å². The zero-order chi connectivity index (χ0) is 15.1. The molecule has 0 aliphatic rings. The zero-order valence-corrected chi connectivity index (χ0v) is 13.1. The molecule has 20 heavy (non-hydrogen) atoms. The average molecular weight is 282 g/mol. The van der Waals surface area contributed by atoms with Crippen molar-refractivity contribution < 1.29 is 14.2 Å². The van der Waals surface area contributed by atoms with Crippen molar-refractivity contribution in [1.29, 1.82) is 0 Å². The van der Waals surface area contributed by atoms with Crippen LogP contribution >= 0.6 is 0 Å². The maximum absolute atomic E-state index is 5.99. The van der Waals surface area contributed by atoms with E-state index in [2.05, 4.69) is 18.7 Å². The first-order valence-electron chi connectivity index (χ1n) is 6.90. The van der Waals surface area contributed by atoms with Crippen LogP contribution in [-0.2, 0) is 0 Å². The Kier molecular flexibility index (Phi) is 6.61. The van der Waals surface area contributed by atoms with Crippen molar-refractivity contribution in [3.8, 4) is 17.2 Å². The van der Waals surface area contributed by atoms with Crippen LogP contribution in [0.15, 0.2) is 12.1 Å². The Labute approximate surface area is 121 Å². The van der Waals surface area contributed by atoms with E-state index in [1.807, 2.05) is 12.1 Å². The lowest BCUT2D eigenvalue weighted by Gasteiger charge is -2.31. The SMILES string of the molecule is CCN(CC)[C@@H](CN)c1c(OC)cc(OC)cc1OC. The van der Waals surface area contributed by atoms with E-state index < -0.39 is 0 Å². The molecule has 5 nitrogen and oxygen atoms in total. The Bertz CT molecular complexity index is 395. The fraction of sp³-hybridized carbons (Fsp3) is 0.600. The molecule has 2 N–H and O–H groups in total. The molecule has 1 atom stereocenters. The molecule has 0 aliphatic heterocycles. The maximum Gasteiger partial charge on any atom is 0.131 e. The fourth-order valence-corrected chi connectivity index (χ4v) is 2.47. The van der Waals surface area contributed by atoms with E-state index in [1.54, 1.807) is 21.3 Å². The van der Waals surface area contributed by atoms with Crippen molar-refractivity contribution in [2.75, 3.05) is 41.0 Å². The predicted molar refractivity (Wildman–Crippen MR) is 80.8 cm³/mol. The van der Waals surface area contributed by atoms with E-state index >= 15 is 0 Å². The van der Waals surface area contributed by atoms with Gasteiger partial charge in [0.15, 0.2) is 0 Å². The maximum atomic E-state index is 5.99. The number of benzene rings is 1. The molecule has 0 heterocycles. The largest absolute Gasteiger partial charge is 0.496 e.